The Morgan fingerprint density at radius 1 is 1.29 bits per heavy atom. The minimum Gasteiger partial charge on any atom is -0.486 e. The van der Waals surface area contributed by atoms with Gasteiger partial charge >= 0.3 is 0 Å². The van der Waals surface area contributed by atoms with E-state index >= 15 is 0 Å². The summed E-state index contributed by atoms with van der Waals surface area (Å²) in [5, 5.41) is 3.56. The van der Waals surface area contributed by atoms with Gasteiger partial charge in [0, 0.05) is 12.6 Å². The van der Waals surface area contributed by atoms with Crippen LogP contribution in [0.5, 0.6) is 5.75 Å². The van der Waals surface area contributed by atoms with Gasteiger partial charge < -0.3 is 18.9 Å². The smallest absolute Gasteiger partial charge is 0.292 e. The second-order valence-corrected chi connectivity index (χ2v) is 4.76. The van der Waals surface area contributed by atoms with Gasteiger partial charge in [-0.25, -0.2) is 0 Å². The molecule has 0 bridgehead atoms. The Kier molecular flexibility index (Phi) is 4.16. The van der Waals surface area contributed by atoms with Crippen molar-refractivity contribution < 1.29 is 18.8 Å². The van der Waals surface area contributed by atoms with Gasteiger partial charge in [-0.15, -0.1) is 0 Å². The monoisotopic (exact) mass is 288 g/mol. The molecule has 0 N–H and O–H groups in total. The summed E-state index contributed by atoms with van der Waals surface area (Å²) in [5.74, 6) is 0.801. The molecule has 110 valence electrons. The molecule has 1 fully saturated rings. The molecule has 3 rings (SSSR count). The standard InChI is InChI=1S/C15H16N2O4/c18-15(14-6-7-16-21-14)17-8-9-19-11-13(10-17)20-12-4-2-1-3-5-12/h1-7,13H,8-11H2/t13-/m1/s1. The van der Waals surface area contributed by atoms with Gasteiger partial charge in [-0.3, -0.25) is 4.79 Å². The second-order valence-electron chi connectivity index (χ2n) is 4.76. The first-order chi connectivity index (χ1) is 10.3. The largest absolute Gasteiger partial charge is 0.486 e. The van der Waals surface area contributed by atoms with Crippen LogP contribution in [0.2, 0.25) is 0 Å². The highest BCUT2D eigenvalue weighted by atomic mass is 16.5. The van der Waals surface area contributed by atoms with Crippen LogP contribution in [0.25, 0.3) is 0 Å². The number of carbonyl (C=O) groups excluding carboxylic acids is 1. The average Bonchev–Trinajstić information content (AvgIpc) is 2.95. The van der Waals surface area contributed by atoms with Crippen molar-refractivity contribution in [3.63, 3.8) is 0 Å². The predicted molar refractivity (Wildman–Crippen MR) is 74.1 cm³/mol. The molecule has 1 saturated heterocycles. The molecule has 1 aromatic carbocycles. The summed E-state index contributed by atoms with van der Waals surface area (Å²) in [4.78, 5) is 14.0. The second kappa shape index (κ2) is 6.41. The summed E-state index contributed by atoms with van der Waals surface area (Å²) in [5.41, 5.74) is 0. The molecule has 2 heterocycles. The van der Waals surface area contributed by atoms with Gasteiger partial charge in [0.15, 0.2) is 0 Å². The molecule has 6 heteroatoms. The Bertz CT molecular complexity index is 571. The normalized spacial score (nSPS) is 19.0. The molecule has 0 saturated carbocycles. The molecule has 6 nitrogen and oxygen atoms in total. The lowest BCUT2D eigenvalue weighted by atomic mass is 10.3. The fourth-order valence-electron chi connectivity index (χ4n) is 2.21. The molecule has 0 aliphatic carbocycles. The van der Waals surface area contributed by atoms with E-state index in [4.69, 9.17) is 14.0 Å². The maximum absolute atomic E-state index is 12.3. The van der Waals surface area contributed by atoms with Crippen LogP contribution in [0.3, 0.4) is 0 Å². The Hall–Kier alpha value is -2.34. The topological polar surface area (TPSA) is 64.8 Å². The van der Waals surface area contributed by atoms with Crippen LogP contribution in [0, 0.1) is 0 Å². The lowest BCUT2D eigenvalue weighted by Gasteiger charge is -2.23. The van der Waals surface area contributed by atoms with E-state index in [9.17, 15) is 4.79 Å². The highest BCUT2D eigenvalue weighted by Gasteiger charge is 2.26. The molecule has 1 amide bonds. The van der Waals surface area contributed by atoms with Crippen molar-refractivity contribution >= 4 is 5.91 Å². The number of aromatic nitrogens is 1. The van der Waals surface area contributed by atoms with E-state index in [-0.39, 0.29) is 17.8 Å². The van der Waals surface area contributed by atoms with Crippen LogP contribution in [0.1, 0.15) is 10.6 Å². The molecule has 1 aromatic heterocycles. The van der Waals surface area contributed by atoms with Crippen LogP contribution in [-0.4, -0.2) is 48.4 Å². The zero-order chi connectivity index (χ0) is 14.5. The van der Waals surface area contributed by atoms with Crippen molar-refractivity contribution in [2.45, 2.75) is 6.10 Å². The van der Waals surface area contributed by atoms with E-state index in [1.54, 1.807) is 11.0 Å². The van der Waals surface area contributed by atoms with E-state index < -0.39 is 0 Å². The highest BCUT2D eigenvalue weighted by Crippen LogP contribution is 2.14. The van der Waals surface area contributed by atoms with Crippen LogP contribution in [0.15, 0.2) is 47.1 Å². The number of para-hydroxylation sites is 1. The van der Waals surface area contributed by atoms with Crippen molar-refractivity contribution in [1.82, 2.24) is 10.1 Å². The average molecular weight is 288 g/mol. The fraction of sp³-hybridized carbons (Fsp3) is 0.333. The molecular formula is C15H16N2O4. The first-order valence-corrected chi connectivity index (χ1v) is 6.82. The number of amides is 1. The van der Waals surface area contributed by atoms with E-state index in [0.717, 1.165) is 5.75 Å². The summed E-state index contributed by atoms with van der Waals surface area (Å²) in [6, 6.07) is 11.1. The van der Waals surface area contributed by atoms with Gasteiger partial charge in [0.2, 0.25) is 5.76 Å². The molecule has 1 aliphatic rings. The lowest BCUT2D eigenvalue weighted by Crippen LogP contribution is -2.39. The summed E-state index contributed by atoms with van der Waals surface area (Å²) in [7, 11) is 0. The van der Waals surface area contributed by atoms with Gasteiger partial charge in [-0.05, 0) is 12.1 Å². The first kappa shape index (κ1) is 13.6. The van der Waals surface area contributed by atoms with E-state index in [1.807, 2.05) is 30.3 Å². The number of ether oxygens (including phenoxy) is 2. The Balaban J connectivity index is 1.67. The van der Waals surface area contributed by atoms with Gasteiger partial charge in [0.25, 0.3) is 5.91 Å². The number of hydrogen-bond donors (Lipinski definition) is 0. The van der Waals surface area contributed by atoms with Crippen molar-refractivity contribution in [2.24, 2.45) is 0 Å². The summed E-state index contributed by atoms with van der Waals surface area (Å²) < 4.78 is 16.3. The van der Waals surface area contributed by atoms with Crippen LogP contribution in [-0.2, 0) is 4.74 Å². The van der Waals surface area contributed by atoms with E-state index in [1.165, 1.54) is 6.20 Å². The number of hydrogen-bond acceptors (Lipinski definition) is 5. The molecule has 1 atom stereocenters. The Labute approximate surface area is 122 Å². The van der Waals surface area contributed by atoms with E-state index in [0.29, 0.717) is 26.3 Å². The zero-order valence-corrected chi connectivity index (χ0v) is 11.5. The predicted octanol–water partition coefficient (Wildman–Crippen LogP) is 1.59. The molecule has 0 unspecified atom stereocenters. The third-order valence-electron chi connectivity index (χ3n) is 3.22. The minimum atomic E-state index is -0.207. The Morgan fingerprint density at radius 2 is 2.14 bits per heavy atom. The molecule has 2 aromatic rings. The molecule has 0 radical (unpaired) electrons. The van der Waals surface area contributed by atoms with Crippen molar-refractivity contribution in [3.05, 3.63) is 48.4 Å². The number of carbonyl (C=O) groups is 1. The van der Waals surface area contributed by atoms with Gasteiger partial charge in [0.1, 0.15) is 11.9 Å². The summed E-state index contributed by atoms with van der Waals surface area (Å²) >= 11 is 0. The third-order valence-corrected chi connectivity index (χ3v) is 3.22. The molecule has 0 spiro atoms. The third kappa shape index (κ3) is 3.41. The van der Waals surface area contributed by atoms with Crippen LogP contribution < -0.4 is 4.74 Å². The van der Waals surface area contributed by atoms with Crippen molar-refractivity contribution in [3.8, 4) is 5.75 Å². The van der Waals surface area contributed by atoms with Gasteiger partial charge in [-0.2, -0.15) is 0 Å². The van der Waals surface area contributed by atoms with Crippen molar-refractivity contribution in [1.29, 1.82) is 0 Å². The number of nitrogens with zero attached hydrogens (tertiary/aromatic N) is 2. The number of benzene rings is 1. The molecular weight excluding hydrogens is 272 g/mol. The number of rotatable bonds is 3. The maximum atomic E-state index is 12.3. The fourth-order valence-corrected chi connectivity index (χ4v) is 2.21. The molecule has 1 aliphatic heterocycles. The Morgan fingerprint density at radius 3 is 2.90 bits per heavy atom. The lowest BCUT2D eigenvalue weighted by molar-refractivity contribution is 0.0627. The summed E-state index contributed by atoms with van der Waals surface area (Å²) in [6.07, 6.45) is 1.25. The van der Waals surface area contributed by atoms with Crippen LogP contribution >= 0.6 is 0 Å². The highest BCUT2D eigenvalue weighted by molar-refractivity contribution is 5.91. The van der Waals surface area contributed by atoms with Gasteiger partial charge in [-0.1, -0.05) is 23.4 Å². The van der Waals surface area contributed by atoms with Gasteiger partial charge in [0.05, 0.1) is 26.0 Å². The zero-order valence-electron chi connectivity index (χ0n) is 11.5. The van der Waals surface area contributed by atoms with Crippen LogP contribution in [0.4, 0.5) is 0 Å². The first-order valence-electron chi connectivity index (χ1n) is 6.82. The quantitative estimate of drug-likeness (QED) is 0.858. The SMILES string of the molecule is O=C(c1ccno1)N1CCOC[C@H](Oc2ccccc2)C1. The minimum absolute atomic E-state index is 0.195. The van der Waals surface area contributed by atoms with E-state index in [2.05, 4.69) is 5.16 Å². The molecule has 21 heavy (non-hydrogen) atoms. The summed E-state index contributed by atoms with van der Waals surface area (Å²) in [6.45, 7) is 1.90. The van der Waals surface area contributed by atoms with Crippen molar-refractivity contribution in [2.75, 3.05) is 26.3 Å². The maximum Gasteiger partial charge on any atom is 0.292 e.